The third-order valence-corrected chi connectivity index (χ3v) is 4.78. The normalized spacial score (nSPS) is 26.2. The molecule has 3 fully saturated rings. The van der Waals surface area contributed by atoms with Gasteiger partial charge in [-0.3, -0.25) is 4.90 Å². The summed E-state index contributed by atoms with van der Waals surface area (Å²) in [5, 5.41) is 0. The molecule has 4 rings (SSSR count). The van der Waals surface area contributed by atoms with Gasteiger partial charge in [0.15, 0.2) is 0 Å². The molecule has 0 spiro atoms. The highest BCUT2D eigenvalue weighted by Gasteiger charge is 2.43. The largest absolute Gasteiger partial charge is 0.368 e. The van der Waals surface area contributed by atoms with Crippen molar-refractivity contribution in [1.29, 1.82) is 0 Å². The van der Waals surface area contributed by atoms with Gasteiger partial charge < -0.3 is 4.90 Å². The van der Waals surface area contributed by atoms with Gasteiger partial charge in [0.25, 0.3) is 0 Å². The molecule has 1 aromatic carbocycles. The summed E-state index contributed by atoms with van der Waals surface area (Å²) in [5.41, 5.74) is 3.03. The molecule has 0 aliphatic carbocycles. The summed E-state index contributed by atoms with van der Waals surface area (Å²) in [7, 11) is 0. The van der Waals surface area contributed by atoms with Crippen LogP contribution in [0.5, 0.6) is 0 Å². The van der Waals surface area contributed by atoms with Crippen LogP contribution >= 0.6 is 0 Å². The molecule has 3 saturated heterocycles. The van der Waals surface area contributed by atoms with Crippen LogP contribution in [0.2, 0.25) is 0 Å². The zero-order chi connectivity index (χ0) is 14.3. The molecule has 108 valence electrons. The number of hydrogen-bond donors (Lipinski definition) is 0. The Morgan fingerprint density at radius 2 is 1.75 bits per heavy atom. The van der Waals surface area contributed by atoms with Crippen LogP contribution in [0.25, 0.3) is 0 Å². The van der Waals surface area contributed by atoms with Crippen molar-refractivity contribution in [2.24, 2.45) is 0 Å². The number of fused-ring (bicyclic) bond motifs is 2. The van der Waals surface area contributed by atoms with Crippen molar-refractivity contribution in [3.8, 4) is 0 Å². The van der Waals surface area contributed by atoms with Crippen LogP contribution in [0.15, 0.2) is 36.9 Å². The molecule has 0 aromatic heterocycles. The van der Waals surface area contributed by atoms with E-state index in [-0.39, 0.29) is 5.41 Å². The minimum atomic E-state index is 0.239. The van der Waals surface area contributed by atoms with E-state index in [9.17, 15) is 0 Å². The van der Waals surface area contributed by atoms with Gasteiger partial charge in [-0.2, -0.15) is 0 Å². The predicted molar refractivity (Wildman–Crippen MR) is 86.5 cm³/mol. The molecular weight excluding hydrogens is 244 g/mol. The minimum Gasteiger partial charge on any atom is -0.368 e. The van der Waals surface area contributed by atoms with Crippen molar-refractivity contribution in [1.82, 2.24) is 4.90 Å². The minimum absolute atomic E-state index is 0.239. The first-order chi connectivity index (χ1) is 9.49. The maximum Gasteiger partial charge on any atom is 0.0367 e. The third kappa shape index (κ3) is 2.37. The van der Waals surface area contributed by atoms with Gasteiger partial charge in [-0.15, -0.1) is 6.58 Å². The van der Waals surface area contributed by atoms with E-state index >= 15 is 0 Å². The van der Waals surface area contributed by atoms with Crippen molar-refractivity contribution < 1.29 is 0 Å². The topological polar surface area (TPSA) is 6.48 Å². The van der Waals surface area contributed by atoms with Crippen molar-refractivity contribution in [2.45, 2.75) is 44.7 Å². The molecule has 2 atom stereocenters. The number of nitrogens with zero attached hydrogens (tertiary/aromatic N) is 2. The van der Waals surface area contributed by atoms with Gasteiger partial charge in [-0.25, -0.2) is 0 Å². The monoisotopic (exact) mass is 270 g/mol. The standard InChI is InChI=1S/C18H26N2/c1-5-10-20-16-11-17(20)13-19(12-16)15-8-6-14(7-9-15)18(2,3)4/h5-9,16-17H,1,10-13H2,2-4H3. The van der Waals surface area contributed by atoms with Crippen molar-refractivity contribution in [3.63, 3.8) is 0 Å². The average Bonchev–Trinajstić information content (AvgIpc) is 2.44. The Labute approximate surface area is 123 Å². The summed E-state index contributed by atoms with van der Waals surface area (Å²) < 4.78 is 0. The number of hydrogen-bond acceptors (Lipinski definition) is 2. The van der Waals surface area contributed by atoms with Crippen molar-refractivity contribution in [3.05, 3.63) is 42.5 Å². The number of benzene rings is 1. The second-order valence-electron chi connectivity index (χ2n) is 7.23. The molecular formula is C18H26N2. The fourth-order valence-electron chi connectivity index (χ4n) is 3.52. The third-order valence-electron chi connectivity index (χ3n) is 4.78. The highest BCUT2D eigenvalue weighted by molar-refractivity contribution is 5.50. The first-order valence-electron chi connectivity index (χ1n) is 7.71. The second-order valence-corrected chi connectivity index (χ2v) is 7.23. The first kappa shape index (κ1) is 13.7. The molecule has 0 amide bonds. The highest BCUT2D eigenvalue weighted by atomic mass is 15.4. The van der Waals surface area contributed by atoms with E-state index in [1.165, 1.54) is 30.8 Å². The predicted octanol–water partition coefficient (Wildman–Crippen LogP) is 3.43. The summed E-state index contributed by atoms with van der Waals surface area (Å²) in [6, 6.07) is 10.6. The Morgan fingerprint density at radius 1 is 1.15 bits per heavy atom. The van der Waals surface area contributed by atoms with Crippen LogP contribution in [0, 0.1) is 0 Å². The quantitative estimate of drug-likeness (QED) is 0.776. The van der Waals surface area contributed by atoms with Crippen molar-refractivity contribution >= 4 is 5.69 Å². The number of anilines is 1. The van der Waals surface area contributed by atoms with E-state index in [0.717, 1.165) is 18.6 Å². The molecule has 2 unspecified atom stereocenters. The molecule has 0 radical (unpaired) electrons. The number of piperidine rings is 1. The molecule has 0 N–H and O–H groups in total. The maximum atomic E-state index is 3.86. The average molecular weight is 270 g/mol. The van der Waals surface area contributed by atoms with Gasteiger partial charge in [0.05, 0.1) is 0 Å². The van der Waals surface area contributed by atoms with Gasteiger partial charge in [-0.1, -0.05) is 39.0 Å². The lowest BCUT2D eigenvalue weighted by atomic mass is 9.85. The molecule has 1 aromatic rings. The van der Waals surface area contributed by atoms with Crippen LogP contribution in [0.1, 0.15) is 32.8 Å². The van der Waals surface area contributed by atoms with Crippen molar-refractivity contribution in [2.75, 3.05) is 24.5 Å². The molecule has 2 bridgehead atoms. The molecule has 3 aliphatic rings. The summed E-state index contributed by atoms with van der Waals surface area (Å²) in [6.07, 6.45) is 3.40. The van der Waals surface area contributed by atoms with E-state index < -0.39 is 0 Å². The number of piperazine rings is 1. The highest BCUT2D eigenvalue weighted by Crippen LogP contribution is 2.35. The van der Waals surface area contributed by atoms with Gasteiger partial charge in [-0.05, 0) is 29.5 Å². The van der Waals surface area contributed by atoms with Crippen LogP contribution < -0.4 is 4.90 Å². The Hall–Kier alpha value is -1.28. The smallest absolute Gasteiger partial charge is 0.0367 e. The lowest BCUT2D eigenvalue weighted by Crippen LogP contribution is -2.68. The van der Waals surface area contributed by atoms with Crippen LogP contribution in [-0.2, 0) is 5.41 Å². The lowest BCUT2D eigenvalue weighted by Gasteiger charge is -2.56. The second kappa shape index (κ2) is 4.92. The van der Waals surface area contributed by atoms with Gasteiger partial charge >= 0.3 is 0 Å². The van der Waals surface area contributed by atoms with E-state index in [0.29, 0.717) is 0 Å². The Kier molecular flexibility index (Phi) is 3.37. The summed E-state index contributed by atoms with van der Waals surface area (Å²) in [5.74, 6) is 0. The molecule has 20 heavy (non-hydrogen) atoms. The lowest BCUT2D eigenvalue weighted by molar-refractivity contribution is 0.0109. The van der Waals surface area contributed by atoms with Crippen LogP contribution in [0.4, 0.5) is 5.69 Å². The summed E-state index contributed by atoms with van der Waals surface area (Å²) in [4.78, 5) is 5.14. The summed E-state index contributed by atoms with van der Waals surface area (Å²) in [6.45, 7) is 14.1. The Morgan fingerprint density at radius 3 is 2.25 bits per heavy atom. The fourth-order valence-corrected chi connectivity index (χ4v) is 3.52. The van der Waals surface area contributed by atoms with E-state index in [2.05, 4.69) is 61.4 Å². The van der Waals surface area contributed by atoms with E-state index in [1.807, 2.05) is 6.08 Å². The zero-order valence-electron chi connectivity index (χ0n) is 13.0. The maximum absolute atomic E-state index is 3.86. The molecule has 3 heterocycles. The molecule has 2 heteroatoms. The van der Waals surface area contributed by atoms with Crippen LogP contribution in [0.3, 0.4) is 0 Å². The van der Waals surface area contributed by atoms with Crippen LogP contribution in [-0.4, -0.2) is 36.6 Å². The number of rotatable bonds is 3. The molecule has 3 aliphatic heterocycles. The fraction of sp³-hybridized carbons (Fsp3) is 0.556. The van der Waals surface area contributed by atoms with E-state index in [1.54, 1.807) is 0 Å². The van der Waals surface area contributed by atoms with Gasteiger partial charge in [0, 0.05) is 37.4 Å². The molecule has 0 saturated carbocycles. The molecule has 2 nitrogen and oxygen atoms in total. The van der Waals surface area contributed by atoms with Gasteiger partial charge in [0.1, 0.15) is 0 Å². The summed E-state index contributed by atoms with van der Waals surface area (Å²) >= 11 is 0. The Bertz CT molecular complexity index is 471. The SMILES string of the molecule is C=CCN1C2CC1CN(c1ccc(C(C)(C)C)cc1)C2. The first-order valence-corrected chi connectivity index (χ1v) is 7.71. The van der Waals surface area contributed by atoms with E-state index in [4.69, 9.17) is 0 Å². The zero-order valence-corrected chi connectivity index (χ0v) is 13.0. The van der Waals surface area contributed by atoms with Gasteiger partial charge in [0.2, 0.25) is 0 Å². The Balaban J connectivity index is 1.69.